The van der Waals surface area contributed by atoms with Gasteiger partial charge in [-0.05, 0) is 39.7 Å². The van der Waals surface area contributed by atoms with Gasteiger partial charge in [0, 0.05) is 28.7 Å². The highest BCUT2D eigenvalue weighted by molar-refractivity contribution is 7.99. The quantitative estimate of drug-likeness (QED) is 0.768. The van der Waals surface area contributed by atoms with E-state index >= 15 is 0 Å². The number of aryl methyl sites for hydroxylation is 2. The van der Waals surface area contributed by atoms with Gasteiger partial charge in [0.15, 0.2) is 0 Å². The van der Waals surface area contributed by atoms with Crippen molar-refractivity contribution in [2.75, 3.05) is 6.54 Å². The minimum absolute atomic E-state index is 0.828. The van der Waals surface area contributed by atoms with Crippen LogP contribution in [0.1, 0.15) is 68.2 Å². The van der Waals surface area contributed by atoms with Crippen molar-refractivity contribution in [3.8, 4) is 0 Å². The Hall–Kier alpha value is -0.610. The van der Waals surface area contributed by atoms with E-state index in [9.17, 15) is 0 Å². The Balaban J connectivity index is 1.91. The molecule has 1 heterocycles. The zero-order chi connectivity index (χ0) is 15.1. The summed E-state index contributed by atoms with van der Waals surface area (Å²) in [5.41, 5.74) is 3.56. The molecule has 1 N–H and O–H groups in total. The second-order valence-electron chi connectivity index (χ2n) is 6.04. The molecule has 0 aromatic carbocycles. The largest absolute Gasteiger partial charge is 0.313 e. The Kier molecular flexibility index (Phi) is 6.97. The summed E-state index contributed by atoms with van der Waals surface area (Å²) in [4.78, 5) is 9.45. The van der Waals surface area contributed by atoms with Crippen molar-refractivity contribution in [2.24, 2.45) is 0 Å². The minimum atomic E-state index is 0.828. The number of rotatable bonds is 7. The molecule has 4 heteroatoms. The lowest BCUT2D eigenvalue weighted by Crippen LogP contribution is -2.17. The van der Waals surface area contributed by atoms with Crippen molar-refractivity contribution in [2.45, 2.75) is 76.8 Å². The Labute approximate surface area is 133 Å². The highest BCUT2D eigenvalue weighted by Gasteiger charge is 2.15. The molecule has 0 unspecified atom stereocenters. The van der Waals surface area contributed by atoms with Crippen LogP contribution in [0.3, 0.4) is 0 Å². The van der Waals surface area contributed by atoms with Crippen LogP contribution in [0.15, 0.2) is 0 Å². The van der Waals surface area contributed by atoms with Gasteiger partial charge in [0.2, 0.25) is 0 Å². The average molecular weight is 308 g/mol. The second kappa shape index (κ2) is 8.74. The van der Waals surface area contributed by atoms with Crippen LogP contribution in [-0.2, 0) is 12.3 Å². The summed E-state index contributed by atoms with van der Waals surface area (Å²) in [6.45, 7) is 8.37. The van der Waals surface area contributed by atoms with Gasteiger partial charge in [-0.2, -0.15) is 11.8 Å². The van der Waals surface area contributed by atoms with E-state index in [0.29, 0.717) is 0 Å². The molecule has 0 spiro atoms. The molecule has 0 radical (unpaired) electrons. The molecule has 0 amide bonds. The van der Waals surface area contributed by atoms with Crippen LogP contribution < -0.4 is 5.32 Å². The van der Waals surface area contributed by atoms with Crippen LogP contribution in [0.4, 0.5) is 0 Å². The molecule has 1 saturated carbocycles. The third kappa shape index (κ3) is 5.26. The standard InChI is InChI=1S/C17H29N3S/c1-4-10-18-11-16-13(2)19-17(20-14(16)3)12-21-15-8-6-5-7-9-15/h15,18H,4-12H2,1-3H3. The van der Waals surface area contributed by atoms with Crippen molar-refractivity contribution >= 4 is 11.8 Å². The topological polar surface area (TPSA) is 37.8 Å². The molecule has 0 bridgehead atoms. The van der Waals surface area contributed by atoms with Crippen molar-refractivity contribution < 1.29 is 0 Å². The third-order valence-corrected chi connectivity index (χ3v) is 5.56. The van der Waals surface area contributed by atoms with Gasteiger partial charge < -0.3 is 5.32 Å². The average Bonchev–Trinajstić information content (AvgIpc) is 2.49. The number of hydrogen-bond acceptors (Lipinski definition) is 4. The van der Waals surface area contributed by atoms with Gasteiger partial charge in [0.1, 0.15) is 5.82 Å². The van der Waals surface area contributed by atoms with Gasteiger partial charge in [0.25, 0.3) is 0 Å². The first-order chi connectivity index (χ1) is 10.2. The van der Waals surface area contributed by atoms with Crippen LogP contribution >= 0.6 is 11.8 Å². The number of nitrogens with zero attached hydrogens (tertiary/aromatic N) is 2. The van der Waals surface area contributed by atoms with E-state index < -0.39 is 0 Å². The molecule has 21 heavy (non-hydrogen) atoms. The van der Waals surface area contributed by atoms with Gasteiger partial charge in [-0.25, -0.2) is 9.97 Å². The van der Waals surface area contributed by atoms with E-state index in [0.717, 1.165) is 47.7 Å². The van der Waals surface area contributed by atoms with Crippen LogP contribution in [0.5, 0.6) is 0 Å². The molecular weight excluding hydrogens is 278 g/mol. The molecule has 0 aliphatic heterocycles. The van der Waals surface area contributed by atoms with Crippen LogP contribution in [0.25, 0.3) is 0 Å². The molecule has 3 nitrogen and oxygen atoms in total. The van der Waals surface area contributed by atoms with Crippen LogP contribution in [0.2, 0.25) is 0 Å². The molecule has 1 aromatic heterocycles. The minimum Gasteiger partial charge on any atom is -0.313 e. The Morgan fingerprint density at radius 2 is 1.76 bits per heavy atom. The van der Waals surface area contributed by atoms with Gasteiger partial charge in [-0.3, -0.25) is 0 Å². The van der Waals surface area contributed by atoms with Crippen molar-refractivity contribution in [1.29, 1.82) is 0 Å². The zero-order valence-electron chi connectivity index (χ0n) is 13.7. The van der Waals surface area contributed by atoms with Crippen molar-refractivity contribution in [3.63, 3.8) is 0 Å². The summed E-state index contributed by atoms with van der Waals surface area (Å²) >= 11 is 2.05. The maximum atomic E-state index is 4.73. The summed E-state index contributed by atoms with van der Waals surface area (Å²) in [7, 11) is 0. The maximum Gasteiger partial charge on any atom is 0.138 e. The fraction of sp³-hybridized carbons (Fsp3) is 0.765. The molecule has 1 fully saturated rings. The summed E-state index contributed by atoms with van der Waals surface area (Å²) < 4.78 is 0. The summed E-state index contributed by atoms with van der Waals surface area (Å²) in [5.74, 6) is 1.98. The second-order valence-corrected chi connectivity index (χ2v) is 7.33. The third-order valence-electron chi connectivity index (χ3n) is 4.20. The molecule has 0 saturated heterocycles. The number of hydrogen-bond donors (Lipinski definition) is 1. The Morgan fingerprint density at radius 3 is 2.38 bits per heavy atom. The predicted octanol–water partition coefficient (Wildman–Crippen LogP) is 4.16. The predicted molar refractivity (Wildman–Crippen MR) is 91.7 cm³/mol. The Morgan fingerprint density at radius 1 is 1.10 bits per heavy atom. The lowest BCUT2D eigenvalue weighted by atomic mass is 10.0. The summed E-state index contributed by atoms with van der Waals surface area (Å²) in [6.07, 6.45) is 8.14. The number of nitrogens with one attached hydrogen (secondary N) is 1. The normalized spacial score (nSPS) is 16.3. The van der Waals surface area contributed by atoms with E-state index in [1.165, 1.54) is 37.7 Å². The van der Waals surface area contributed by atoms with E-state index in [1.54, 1.807) is 0 Å². The first kappa shape index (κ1) is 16.8. The van der Waals surface area contributed by atoms with Crippen molar-refractivity contribution in [3.05, 3.63) is 22.8 Å². The Bertz CT molecular complexity index is 419. The maximum absolute atomic E-state index is 4.73. The monoisotopic (exact) mass is 307 g/mol. The SMILES string of the molecule is CCCNCc1c(C)nc(CSC2CCCCC2)nc1C. The molecule has 118 valence electrons. The summed E-state index contributed by atoms with van der Waals surface area (Å²) in [5, 5.41) is 4.28. The number of aromatic nitrogens is 2. The van der Waals surface area contributed by atoms with E-state index in [2.05, 4.69) is 37.8 Å². The molecule has 1 aliphatic carbocycles. The zero-order valence-corrected chi connectivity index (χ0v) is 14.6. The van der Waals surface area contributed by atoms with Crippen LogP contribution in [0, 0.1) is 13.8 Å². The lowest BCUT2D eigenvalue weighted by molar-refractivity contribution is 0.516. The fourth-order valence-corrected chi connectivity index (χ4v) is 4.12. The van der Waals surface area contributed by atoms with Crippen molar-refractivity contribution in [1.82, 2.24) is 15.3 Å². The molecule has 1 aromatic rings. The molecule has 0 atom stereocenters. The van der Waals surface area contributed by atoms with Gasteiger partial charge in [-0.1, -0.05) is 26.2 Å². The van der Waals surface area contributed by atoms with Gasteiger partial charge in [0.05, 0.1) is 5.75 Å². The number of thioether (sulfide) groups is 1. The fourth-order valence-electron chi connectivity index (χ4n) is 2.94. The summed E-state index contributed by atoms with van der Waals surface area (Å²) in [6, 6.07) is 0. The van der Waals surface area contributed by atoms with E-state index in [4.69, 9.17) is 9.97 Å². The van der Waals surface area contributed by atoms with Gasteiger partial charge >= 0.3 is 0 Å². The first-order valence-electron chi connectivity index (χ1n) is 8.36. The molecule has 1 aliphatic rings. The van der Waals surface area contributed by atoms with Gasteiger partial charge in [-0.15, -0.1) is 0 Å². The first-order valence-corrected chi connectivity index (χ1v) is 9.41. The highest BCUT2D eigenvalue weighted by atomic mass is 32.2. The molecule has 2 rings (SSSR count). The van der Waals surface area contributed by atoms with E-state index in [1.807, 2.05) is 0 Å². The van der Waals surface area contributed by atoms with E-state index in [-0.39, 0.29) is 0 Å². The molecular formula is C17H29N3S. The highest BCUT2D eigenvalue weighted by Crippen LogP contribution is 2.30. The van der Waals surface area contributed by atoms with Crippen LogP contribution in [-0.4, -0.2) is 21.8 Å². The smallest absolute Gasteiger partial charge is 0.138 e. The lowest BCUT2D eigenvalue weighted by Gasteiger charge is -2.20.